The highest BCUT2D eigenvalue weighted by Gasteiger charge is 2.47. The van der Waals surface area contributed by atoms with Gasteiger partial charge in [0.1, 0.15) is 5.69 Å². The number of carbonyl (C=O) groups is 1. The van der Waals surface area contributed by atoms with Gasteiger partial charge in [-0.25, -0.2) is 18.1 Å². The van der Waals surface area contributed by atoms with Gasteiger partial charge >= 0.3 is 5.51 Å². The van der Waals surface area contributed by atoms with Crippen LogP contribution in [0.25, 0.3) is 5.95 Å². The maximum absolute atomic E-state index is 12.7. The van der Waals surface area contributed by atoms with Crippen LogP contribution in [0.3, 0.4) is 0 Å². The quantitative estimate of drug-likeness (QED) is 0.669. The molecule has 0 unspecified atom stereocenters. The van der Waals surface area contributed by atoms with Crippen molar-refractivity contribution >= 4 is 21.4 Å². The number of benzene rings is 1. The number of hydrogen-bond acceptors (Lipinski definition) is 7. The molecular weight excluding hydrogens is 403 g/mol. The van der Waals surface area contributed by atoms with Crippen LogP contribution in [-0.2, 0) is 9.84 Å². The number of rotatable bonds is 4. The molecule has 13 heteroatoms. The largest absolute Gasteiger partial charge is 0.501 e. The molecule has 1 amide bonds. The van der Waals surface area contributed by atoms with Gasteiger partial charge in [0, 0.05) is 18.0 Å². The van der Waals surface area contributed by atoms with Gasteiger partial charge in [-0.3, -0.25) is 4.79 Å². The molecule has 1 aromatic carbocycles. The zero-order chi connectivity index (χ0) is 20.5. The molecular formula is C15H10F3N5O4S. The molecule has 28 heavy (non-hydrogen) atoms. The first-order valence-electron chi connectivity index (χ1n) is 7.38. The van der Waals surface area contributed by atoms with Crippen LogP contribution in [0.5, 0.6) is 5.88 Å². The molecule has 0 spiro atoms. The Kier molecular flexibility index (Phi) is 4.77. The zero-order valence-electron chi connectivity index (χ0n) is 13.6. The summed E-state index contributed by atoms with van der Waals surface area (Å²) in [6.07, 6.45) is 4.03. The maximum Gasteiger partial charge on any atom is 0.501 e. The molecule has 146 valence electrons. The minimum absolute atomic E-state index is 0.0127. The highest BCUT2D eigenvalue weighted by atomic mass is 32.2. The van der Waals surface area contributed by atoms with E-state index >= 15 is 0 Å². The van der Waals surface area contributed by atoms with E-state index in [1.54, 1.807) is 6.07 Å². The maximum atomic E-state index is 12.7. The molecule has 3 rings (SSSR count). The number of amides is 1. The smallest absolute Gasteiger partial charge is 0.492 e. The third-order valence-corrected chi connectivity index (χ3v) is 4.91. The van der Waals surface area contributed by atoms with Crippen molar-refractivity contribution in [2.45, 2.75) is 10.4 Å². The molecule has 0 fully saturated rings. The van der Waals surface area contributed by atoms with Gasteiger partial charge in [-0.15, -0.1) is 0 Å². The second-order valence-corrected chi connectivity index (χ2v) is 7.23. The Morgan fingerprint density at radius 1 is 1.21 bits per heavy atom. The van der Waals surface area contributed by atoms with Gasteiger partial charge in [0.2, 0.25) is 5.88 Å². The molecule has 2 aromatic heterocycles. The molecule has 0 aliphatic carbocycles. The first kappa shape index (κ1) is 19.3. The molecule has 0 saturated carbocycles. The van der Waals surface area contributed by atoms with E-state index in [1.165, 1.54) is 17.1 Å². The molecule has 0 atom stereocenters. The van der Waals surface area contributed by atoms with Gasteiger partial charge in [0.05, 0.1) is 11.1 Å². The molecule has 2 heterocycles. The average molecular weight is 413 g/mol. The number of anilines is 1. The average Bonchev–Trinajstić information content (AvgIpc) is 3.17. The lowest BCUT2D eigenvalue weighted by atomic mass is 10.2. The SMILES string of the molecule is O=C(Nc1cnc(-n2cccn2)nc1O)c1cccc(S(=O)(=O)C(F)(F)F)c1. The number of aromatic nitrogens is 4. The Morgan fingerprint density at radius 2 is 1.96 bits per heavy atom. The van der Waals surface area contributed by atoms with E-state index in [0.717, 1.165) is 24.4 Å². The van der Waals surface area contributed by atoms with Crippen molar-refractivity contribution in [2.75, 3.05) is 5.32 Å². The summed E-state index contributed by atoms with van der Waals surface area (Å²) in [4.78, 5) is 18.8. The predicted octanol–water partition coefficient (Wildman–Crippen LogP) is 1.91. The van der Waals surface area contributed by atoms with Gasteiger partial charge < -0.3 is 10.4 Å². The van der Waals surface area contributed by atoms with Gasteiger partial charge in [-0.1, -0.05) is 6.07 Å². The van der Waals surface area contributed by atoms with Crippen LogP contribution in [-0.4, -0.2) is 44.7 Å². The molecule has 2 N–H and O–H groups in total. The summed E-state index contributed by atoms with van der Waals surface area (Å²) in [5.41, 5.74) is -6.11. The van der Waals surface area contributed by atoms with E-state index in [1.807, 2.05) is 0 Å². The van der Waals surface area contributed by atoms with E-state index in [2.05, 4.69) is 20.4 Å². The number of hydrogen-bond donors (Lipinski definition) is 2. The van der Waals surface area contributed by atoms with Crippen molar-refractivity contribution in [3.63, 3.8) is 0 Å². The van der Waals surface area contributed by atoms with Crippen LogP contribution >= 0.6 is 0 Å². The Labute approximate surface area is 155 Å². The molecule has 0 aliphatic heterocycles. The lowest BCUT2D eigenvalue weighted by Gasteiger charge is -2.10. The van der Waals surface area contributed by atoms with Gasteiger partial charge in [0.15, 0.2) is 0 Å². The van der Waals surface area contributed by atoms with Crippen LogP contribution in [0.2, 0.25) is 0 Å². The van der Waals surface area contributed by atoms with E-state index in [0.29, 0.717) is 6.07 Å². The standard InChI is InChI=1S/C15H10F3N5O4S/c16-15(17,18)28(26,27)10-4-1-3-9(7-10)12(24)21-11-8-19-14(22-13(11)25)23-6-2-5-20-23/h1-8H,(H,21,24)(H,19,22,25). The lowest BCUT2D eigenvalue weighted by Crippen LogP contribution is -2.23. The van der Waals surface area contributed by atoms with Crippen molar-refractivity contribution in [1.29, 1.82) is 0 Å². The lowest BCUT2D eigenvalue weighted by molar-refractivity contribution is -0.0436. The van der Waals surface area contributed by atoms with Crippen molar-refractivity contribution < 1.29 is 31.5 Å². The second-order valence-electron chi connectivity index (χ2n) is 5.29. The number of nitrogens with zero attached hydrogens (tertiary/aromatic N) is 4. The molecule has 0 radical (unpaired) electrons. The van der Waals surface area contributed by atoms with E-state index in [9.17, 15) is 31.5 Å². The number of halogens is 3. The highest BCUT2D eigenvalue weighted by Crippen LogP contribution is 2.30. The first-order chi connectivity index (χ1) is 13.1. The van der Waals surface area contributed by atoms with Crippen molar-refractivity contribution in [3.8, 4) is 11.8 Å². The first-order valence-corrected chi connectivity index (χ1v) is 8.87. The van der Waals surface area contributed by atoms with Crippen LogP contribution in [0, 0.1) is 0 Å². The minimum atomic E-state index is -5.61. The van der Waals surface area contributed by atoms with Gasteiger partial charge in [-0.05, 0) is 24.3 Å². The van der Waals surface area contributed by atoms with E-state index < -0.39 is 32.0 Å². The monoisotopic (exact) mass is 413 g/mol. The second kappa shape index (κ2) is 6.92. The van der Waals surface area contributed by atoms with Gasteiger partial charge in [0.25, 0.3) is 21.7 Å². The molecule has 3 aromatic rings. The fourth-order valence-electron chi connectivity index (χ4n) is 2.08. The number of sulfone groups is 1. The Morgan fingerprint density at radius 3 is 2.57 bits per heavy atom. The predicted molar refractivity (Wildman–Crippen MR) is 88.5 cm³/mol. The Bertz CT molecular complexity index is 1130. The van der Waals surface area contributed by atoms with Crippen molar-refractivity contribution in [2.24, 2.45) is 0 Å². The molecule has 0 bridgehead atoms. The summed E-state index contributed by atoms with van der Waals surface area (Å²) in [5.74, 6) is -1.57. The summed E-state index contributed by atoms with van der Waals surface area (Å²) in [7, 11) is -5.61. The third-order valence-electron chi connectivity index (χ3n) is 3.42. The summed E-state index contributed by atoms with van der Waals surface area (Å²) in [6, 6.07) is 5.00. The van der Waals surface area contributed by atoms with Crippen LogP contribution in [0.1, 0.15) is 10.4 Å². The number of nitrogens with one attached hydrogen (secondary N) is 1. The van der Waals surface area contributed by atoms with Gasteiger partial charge in [-0.2, -0.15) is 23.3 Å². The summed E-state index contributed by atoms with van der Waals surface area (Å²) in [5, 5.41) is 16.0. The molecule has 0 saturated heterocycles. The topological polar surface area (TPSA) is 127 Å². The fraction of sp³-hybridized carbons (Fsp3) is 0.0667. The normalized spacial score (nSPS) is 12.0. The fourth-order valence-corrected chi connectivity index (χ4v) is 2.89. The van der Waals surface area contributed by atoms with E-state index in [-0.39, 0.29) is 17.2 Å². The number of carbonyl (C=O) groups excluding carboxylic acids is 1. The Hall–Kier alpha value is -3.48. The summed E-state index contributed by atoms with van der Waals surface area (Å²) < 4.78 is 62.2. The summed E-state index contributed by atoms with van der Waals surface area (Å²) in [6.45, 7) is 0. The van der Waals surface area contributed by atoms with E-state index in [4.69, 9.17) is 0 Å². The third kappa shape index (κ3) is 3.64. The van der Waals surface area contributed by atoms with Crippen molar-refractivity contribution in [3.05, 3.63) is 54.5 Å². The molecule has 0 aliphatic rings. The Balaban J connectivity index is 1.85. The van der Waals surface area contributed by atoms with Crippen LogP contribution in [0.15, 0.2) is 53.8 Å². The highest BCUT2D eigenvalue weighted by molar-refractivity contribution is 7.92. The van der Waals surface area contributed by atoms with Crippen molar-refractivity contribution in [1.82, 2.24) is 19.7 Å². The number of aromatic hydroxyl groups is 1. The number of alkyl halides is 3. The van der Waals surface area contributed by atoms with Crippen LogP contribution in [0.4, 0.5) is 18.9 Å². The molecule has 9 nitrogen and oxygen atoms in total. The minimum Gasteiger partial charge on any atom is -0.492 e. The van der Waals surface area contributed by atoms with Crippen LogP contribution < -0.4 is 5.32 Å². The summed E-state index contributed by atoms with van der Waals surface area (Å²) >= 11 is 0. The zero-order valence-corrected chi connectivity index (χ0v) is 14.4.